The number of hydrogen-bond donors (Lipinski definition) is 5. The van der Waals surface area contributed by atoms with E-state index >= 15 is 0 Å². The van der Waals surface area contributed by atoms with E-state index in [-0.39, 0.29) is 89.1 Å². The van der Waals surface area contributed by atoms with Crippen molar-refractivity contribution in [1.29, 1.82) is 0 Å². The number of carbonyl (C=O) groups excluding carboxylic acids is 4. The Labute approximate surface area is 307 Å². The molecule has 18 heteroatoms. The highest BCUT2D eigenvalue weighted by molar-refractivity contribution is 7.90. The maximum absolute atomic E-state index is 12.2. The van der Waals surface area contributed by atoms with E-state index in [1.165, 1.54) is 58.4 Å². The van der Waals surface area contributed by atoms with Gasteiger partial charge in [0, 0.05) is 45.7 Å². The molecule has 0 unspecified atom stereocenters. The number of carboxylic acids is 1. The molecule has 52 heavy (non-hydrogen) atoms. The number of carboxylic acid groups (broad SMARTS) is 1. The Morgan fingerprint density at radius 2 is 1.35 bits per heavy atom. The highest BCUT2D eigenvalue weighted by Gasteiger charge is 2.22. The van der Waals surface area contributed by atoms with Gasteiger partial charge in [0.25, 0.3) is 0 Å². The fourth-order valence-electron chi connectivity index (χ4n) is 5.33. The third-order valence-electron chi connectivity index (χ3n) is 8.31. The van der Waals surface area contributed by atoms with Gasteiger partial charge in [0.15, 0.2) is 11.6 Å². The Morgan fingerprint density at radius 3 is 1.94 bits per heavy atom. The van der Waals surface area contributed by atoms with Crippen molar-refractivity contribution < 1.29 is 47.0 Å². The molecule has 298 valence electrons. The van der Waals surface area contributed by atoms with Crippen LogP contribution in [-0.4, -0.2) is 109 Å². The minimum absolute atomic E-state index is 0.0131. The van der Waals surface area contributed by atoms with Gasteiger partial charge in [-0.15, -0.1) is 10.2 Å². The smallest absolute Gasteiger partial charge is 0.306 e. The number of Topliss-reactive ketones (excluding diaryl/α,β-unsaturated/α-hetero) is 1. The topological polar surface area (TPSA) is 249 Å². The average molecular weight is 760 g/mol. The van der Waals surface area contributed by atoms with Crippen LogP contribution in [0.2, 0.25) is 0 Å². The summed E-state index contributed by atoms with van der Waals surface area (Å²) in [5.74, 6) is -3.22. The second-order valence-electron chi connectivity index (χ2n) is 12.9. The third kappa shape index (κ3) is 27.2. The molecule has 3 amide bonds. The van der Waals surface area contributed by atoms with Gasteiger partial charge in [-0.05, 0) is 25.7 Å². The fraction of sp³-hybridized carbons (Fsp3) is 0.824. The number of ketones is 1. The maximum Gasteiger partial charge on any atom is 0.306 e. The molecule has 5 N–H and O–H groups in total. The molecule has 1 aromatic rings. The number of rotatable bonds is 35. The van der Waals surface area contributed by atoms with Crippen molar-refractivity contribution in [3.8, 4) is 0 Å². The van der Waals surface area contributed by atoms with Gasteiger partial charge in [-0.25, -0.2) is 8.42 Å². The number of hydrogen-bond acceptors (Lipinski definition) is 12. The summed E-state index contributed by atoms with van der Waals surface area (Å²) in [5, 5.41) is 28.2. The first-order valence-electron chi connectivity index (χ1n) is 18.6. The van der Waals surface area contributed by atoms with Crippen molar-refractivity contribution in [3.63, 3.8) is 0 Å². The number of nitrogens with one attached hydrogen (secondary N) is 4. The van der Waals surface area contributed by atoms with Crippen LogP contribution in [0.25, 0.3) is 0 Å². The summed E-state index contributed by atoms with van der Waals surface area (Å²) in [5.41, 5.74) is 0. The van der Waals surface area contributed by atoms with Crippen LogP contribution in [0.4, 0.5) is 0 Å². The lowest BCUT2D eigenvalue weighted by atomic mass is 9.97. The highest BCUT2D eigenvalue weighted by Crippen LogP contribution is 2.14. The van der Waals surface area contributed by atoms with Crippen LogP contribution in [0.1, 0.15) is 128 Å². The molecule has 0 bridgehead atoms. The van der Waals surface area contributed by atoms with Crippen molar-refractivity contribution in [1.82, 2.24) is 36.0 Å². The molecular formula is C34H61N7O10S. The van der Waals surface area contributed by atoms with Gasteiger partial charge in [0.05, 0.1) is 31.5 Å². The summed E-state index contributed by atoms with van der Waals surface area (Å²) in [6.45, 7) is 0.325. The molecule has 0 saturated heterocycles. The van der Waals surface area contributed by atoms with Gasteiger partial charge in [-0.3, -0.25) is 28.7 Å². The highest BCUT2D eigenvalue weighted by atomic mass is 32.2. The quantitative estimate of drug-likeness (QED) is 0.0626. The molecule has 0 fully saturated rings. The lowest BCUT2D eigenvalue weighted by Crippen LogP contribution is -2.33. The minimum Gasteiger partial charge on any atom is -0.481 e. The molecule has 1 aromatic heterocycles. The number of unbranched alkanes of at least 4 members (excludes halogenated alkanes) is 12. The third-order valence-corrected chi connectivity index (χ3v) is 9.67. The number of aliphatic carboxylic acids is 1. The molecule has 1 heterocycles. The van der Waals surface area contributed by atoms with Crippen molar-refractivity contribution >= 4 is 39.5 Å². The number of amides is 3. The SMILES string of the molecule is CNC(=O)CC[C@H](CC(=O)COCCOCCNC(=O)CCCS(=O)(=O)NC(=O)CCCCCCCCCCCCCCCc1nn[nH]n1)C(=O)O. The van der Waals surface area contributed by atoms with E-state index in [1.54, 1.807) is 0 Å². The predicted molar refractivity (Wildman–Crippen MR) is 192 cm³/mol. The molecular weight excluding hydrogens is 698 g/mol. The number of aromatic nitrogens is 4. The van der Waals surface area contributed by atoms with Crippen LogP contribution in [0.5, 0.6) is 0 Å². The minimum atomic E-state index is -3.81. The Kier molecular flexibility index (Phi) is 26.8. The molecule has 1 rings (SSSR count). The normalized spacial score (nSPS) is 11.9. The predicted octanol–water partition coefficient (Wildman–Crippen LogP) is 2.77. The number of aryl methyl sites for hydroxylation is 1. The van der Waals surface area contributed by atoms with Crippen LogP contribution in [0.15, 0.2) is 0 Å². The van der Waals surface area contributed by atoms with Gasteiger partial charge in [-0.2, -0.15) is 5.21 Å². The zero-order valence-electron chi connectivity index (χ0n) is 30.8. The lowest BCUT2D eigenvalue weighted by Gasteiger charge is -2.11. The number of nitrogens with zero attached hydrogens (tertiary/aromatic N) is 3. The number of H-pyrrole nitrogens is 1. The van der Waals surface area contributed by atoms with E-state index in [0.717, 1.165) is 37.9 Å². The summed E-state index contributed by atoms with van der Waals surface area (Å²) < 4.78 is 37.1. The lowest BCUT2D eigenvalue weighted by molar-refractivity contribution is -0.144. The molecule has 0 aliphatic rings. The van der Waals surface area contributed by atoms with E-state index in [0.29, 0.717) is 6.42 Å². The van der Waals surface area contributed by atoms with Crippen molar-refractivity contribution in [3.05, 3.63) is 5.82 Å². The summed E-state index contributed by atoms with van der Waals surface area (Å²) in [7, 11) is -2.36. The Hall–Kier alpha value is -3.51. The van der Waals surface area contributed by atoms with Crippen LogP contribution in [-0.2, 0) is 49.9 Å². The van der Waals surface area contributed by atoms with Crippen molar-refractivity contribution in [2.45, 2.75) is 128 Å². The van der Waals surface area contributed by atoms with E-state index < -0.39 is 33.6 Å². The van der Waals surface area contributed by atoms with E-state index in [9.17, 15) is 37.5 Å². The van der Waals surface area contributed by atoms with Gasteiger partial charge in [0.1, 0.15) is 6.61 Å². The second-order valence-corrected chi connectivity index (χ2v) is 14.7. The van der Waals surface area contributed by atoms with Crippen LogP contribution in [0, 0.1) is 5.92 Å². The Balaban J connectivity index is 1.93. The summed E-state index contributed by atoms with van der Waals surface area (Å²) in [6.07, 6.45) is 15.5. The van der Waals surface area contributed by atoms with Crippen LogP contribution >= 0.6 is 0 Å². The first-order valence-corrected chi connectivity index (χ1v) is 20.3. The number of aromatic amines is 1. The van der Waals surface area contributed by atoms with E-state index in [4.69, 9.17) is 9.47 Å². The first kappa shape index (κ1) is 46.5. The van der Waals surface area contributed by atoms with Crippen molar-refractivity contribution in [2.75, 3.05) is 45.8 Å². The number of sulfonamides is 1. The zero-order valence-corrected chi connectivity index (χ0v) is 31.6. The van der Waals surface area contributed by atoms with Gasteiger partial charge >= 0.3 is 5.97 Å². The van der Waals surface area contributed by atoms with Crippen LogP contribution in [0.3, 0.4) is 0 Å². The Morgan fingerprint density at radius 1 is 0.750 bits per heavy atom. The molecule has 0 radical (unpaired) electrons. The molecule has 1 atom stereocenters. The standard InChI is InChI=1S/C34H61N7O10S/c1-35-31(43)20-19-28(34(46)47)26-29(42)27-51-24-23-50-22-21-36-32(44)18-15-25-52(48,49)39-33(45)17-14-12-10-8-6-4-2-3-5-7-9-11-13-16-30-37-40-41-38-30/h28H,2-27H2,1H3,(H,35,43)(H,36,44)(H,39,45)(H,46,47)(H,37,38,40,41)/t28-/m1/s1. The largest absolute Gasteiger partial charge is 0.481 e. The van der Waals surface area contributed by atoms with Crippen molar-refractivity contribution in [2.24, 2.45) is 5.92 Å². The summed E-state index contributed by atoms with van der Waals surface area (Å²) in [4.78, 5) is 58.7. The fourth-order valence-corrected chi connectivity index (χ4v) is 6.41. The van der Waals surface area contributed by atoms with Gasteiger partial charge in [0.2, 0.25) is 27.7 Å². The molecule has 17 nitrogen and oxygen atoms in total. The zero-order chi connectivity index (χ0) is 38.3. The van der Waals surface area contributed by atoms with E-state index in [1.807, 2.05) is 0 Å². The maximum atomic E-state index is 12.2. The first-order chi connectivity index (χ1) is 25.0. The molecule has 0 aromatic carbocycles. The number of tetrazole rings is 1. The Bertz CT molecular complexity index is 1250. The summed E-state index contributed by atoms with van der Waals surface area (Å²) >= 11 is 0. The molecule has 0 aliphatic carbocycles. The molecule has 0 saturated carbocycles. The number of carbonyl (C=O) groups is 5. The van der Waals surface area contributed by atoms with Gasteiger partial charge in [-0.1, -0.05) is 75.8 Å². The molecule has 0 aliphatic heterocycles. The summed E-state index contributed by atoms with van der Waals surface area (Å²) in [6, 6.07) is 0. The second kappa shape index (κ2) is 30.0. The van der Waals surface area contributed by atoms with Gasteiger partial charge < -0.3 is 25.2 Å². The molecule has 0 spiro atoms. The van der Waals surface area contributed by atoms with Crippen LogP contribution < -0.4 is 15.4 Å². The number of ether oxygens (including phenoxy) is 2. The average Bonchev–Trinajstić information content (AvgIpc) is 3.62. The van der Waals surface area contributed by atoms with E-state index in [2.05, 4.69) is 36.0 Å². The monoisotopic (exact) mass is 759 g/mol.